The Labute approximate surface area is 230 Å². The number of carboxylic acid groups (broad SMARTS) is 1. The SMILES string of the molecule is O=C(O)c1ccc(-c2nn(C(=O)c3c(Cl)cccc3C(F)(F)F)c3ccc(Cl)cc23)c(OCC2CCCC2)c1. The van der Waals surface area contributed by atoms with Gasteiger partial charge in [0.05, 0.1) is 33.8 Å². The van der Waals surface area contributed by atoms with Gasteiger partial charge in [-0.1, -0.05) is 42.1 Å². The molecule has 1 N–H and O–H groups in total. The van der Waals surface area contributed by atoms with Gasteiger partial charge in [-0.2, -0.15) is 23.0 Å². The summed E-state index contributed by atoms with van der Waals surface area (Å²) in [6.45, 7) is 0.364. The molecule has 11 heteroatoms. The maximum atomic E-state index is 13.8. The van der Waals surface area contributed by atoms with Gasteiger partial charge in [0.2, 0.25) is 0 Å². The first-order valence-corrected chi connectivity index (χ1v) is 12.9. The number of carbonyl (C=O) groups is 2. The molecule has 4 aromatic rings. The molecule has 1 aliphatic carbocycles. The number of fused-ring (bicyclic) bond motifs is 1. The molecule has 1 aromatic heterocycles. The molecular formula is C28H21Cl2F3N2O4. The van der Waals surface area contributed by atoms with Crippen molar-refractivity contribution in [3.63, 3.8) is 0 Å². The van der Waals surface area contributed by atoms with Crippen molar-refractivity contribution in [1.82, 2.24) is 9.78 Å². The van der Waals surface area contributed by atoms with Crippen molar-refractivity contribution in [2.24, 2.45) is 5.92 Å². The second-order valence-electron chi connectivity index (χ2n) is 9.36. The number of aromatic nitrogens is 2. The van der Waals surface area contributed by atoms with Crippen molar-refractivity contribution in [3.8, 4) is 17.0 Å². The van der Waals surface area contributed by atoms with Crippen LogP contribution in [0.4, 0.5) is 13.2 Å². The second kappa shape index (κ2) is 10.5. The lowest BCUT2D eigenvalue weighted by Crippen LogP contribution is -2.20. The van der Waals surface area contributed by atoms with Crippen molar-refractivity contribution < 1.29 is 32.6 Å². The molecule has 0 aliphatic heterocycles. The molecule has 1 saturated carbocycles. The van der Waals surface area contributed by atoms with Gasteiger partial charge in [-0.3, -0.25) is 4.79 Å². The normalized spacial score (nSPS) is 14.2. The van der Waals surface area contributed by atoms with Crippen LogP contribution >= 0.6 is 23.2 Å². The van der Waals surface area contributed by atoms with E-state index in [-0.39, 0.29) is 27.5 Å². The van der Waals surface area contributed by atoms with E-state index in [1.807, 2.05) is 0 Å². The number of aromatic carboxylic acids is 1. The van der Waals surface area contributed by atoms with Gasteiger partial charge in [-0.05, 0) is 67.3 Å². The summed E-state index contributed by atoms with van der Waals surface area (Å²) < 4.78 is 48.3. The molecule has 1 fully saturated rings. The molecular weight excluding hydrogens is 556 g/mol. The van der Waals surface area contributed by atoms with Crippen molar-refractivity contribution in [3.05, 3.63) is 81.3 Å². The van der Waals surface area contributed by atoms with Gasteiger partial charge in [0, 0.05) is 16.0 Å². The molecule has 0 amide bonds. The van der Waals surface area contributed by atoms with Crippen molar-refractivity contribution in [2.45, 2.75) is 31.9 Å². The van der Waals surface area contributed by atoms with Gasteiger partial charge in [0.25, 0.3) is 5.91 Å². The first-order valence-electron chi connectivity index (χ1n) is 12.1. The summed E-state index contributed by atoms with van der Waals surface area (Å²) in [5.74, 6) is -1.69. The van der Waals surface area contributed by atoms with E-state index in [2.05, 4.69) is 5.10 Å². The highest BCUT2D eigenvalue weighted by molar-refractivity contribution is 6.34. The number of alkyl halides is 3. The lowest BCUT2D eigenvalue weighted by atomic mass is 10.0. The fraction of sp³-hybridized carbons (Fsp3) is 0.250. The van der Waals surface area contributed by atoms with Crippen LogP contribution in [0.5, 0.6) is 5.75 Å². The Morgan fingerprint density at radius 3 is 2.49 bits per heavy atom. The molecule has 3 aromatic carbocycles. The molecule has 0 atom stereocenters. The third kappa shape index (κ3) is 5.33. The van der Waals surface area contributed by atoms with E-state index >= 15 is 0 Å². The number of halogens is 5. The number of rotatable bonds is 6. The van der Waals surface area contributed by atoms with Gasteiger partial charge in [0.15, 0.2) is 0 Å². The summed E-state index contributed by atoms with van der Waals surface area (Å²) in [7, 11) is 0. The Balaban J connectivity index is 1.68. The summed E-state index contributed by atoms with van der Waals surface area (Å²) in [6.07, 6.45) is -0.662. The van der Waals surface area contributed by atoms with Crippen LogP contribution < -0.4 is 4.74 Å². The van der Waals surface area contributed by atoms with Crippen LogP contribution in [0.1, 0.15) is 52.0 Å². The molecule has 0 bridgehead atoms. The van der Waals surface area contributed by atoms with Crippen molar-refractivity contribution >= 4 is 46.0 Å². The maximum Gasteiger partial charge on any atom is 0.417 e. The zero-order valence-electron chi connectivity index (χ0n) is 20.3. The number of benzene rings is 3. The van der Waals surface area contributed by atoms with E-state index in [4.69, 9.17) is 27.9 Å². The first kappa shape index (κ1) is 27.0. The second-order valence-corrected chi connectivity index (χ2v) is 10.2. The minimum Gasteiger partial charge on any atom is -0.493 e. The largest absolute Gasteiger partial charge is 0.493 e. The van der Waals surface area contributed by atoms with E-state index in [1.165, 1.54) is 42.5 Å². The van der Waals surface area contributed by atoms with E-state index in [0.717, 1.165) is 42.5 Å². The lowest BCUT2D eigenvalue weighted by molar-refractivity contribution is -0.137. The Kier molecular flexibility index (Phi) is 7.31. The molecule has 0 radical (unpaired) electrons. The number of hydrogen-bond acceptors (Lipinski definition) is 4. The first-order chi connectivity index (χ1) is 18.5. The molecule has 1 aliphatic rings. The standard InChI is InChI=1S/C28H21Cl2F3N2O4/c29-17-9-11-22-19(13-17)25(34-35(22)26(36)24-20(28(31,32)33)6-3-7-21(24)30)18-10-8-16(27(37)38)12-23(18)39-14-15-4-1-2-5-15/h3,6-13,15H,1-2,4-5,14H2,(H,37,38). The molecule has 6 nitrogen and oxygen atoms in total. The molecule has 39 heavy (non-hydrogen) atoms. The average Bonchev–Trinajstić information content (AvgIpc) is 3.54. The minimum atomic E-state index is -4.83. The smallest absolute Gasteiger partial charge is 0.417 e. The van der Waals surface area contributed by atoms with E-state index in [0.29, 0.717) is 28.5 Å². The lowest BCUT2D eigenvalue weighted by Gasteiger charge is -2.15. The number of carbonyl (C=O) groups excluding carboxylic acids is 1. The third-order valence-electron chi connectivity index (χ3n) is 6.80. The molecule has 0 unspecified atom stereocenters. The monoisotopic (exact) mass is 576 g/mol. The zero-order valence-corrected chi connectivity index (χ0v) is 21.8. The Bertz CT molecular complexity index is 1590. The number of nitrogens with zero attached hydrogens (tertiary/aromatic N) is 2. The van der Waals surface area contributed by atoms with Gasteiger partial charge < -0.3 is 9.84 Å². The number of carboxylic acids is 1. The van der Waals surface area contributed by atoms with Crippen LogP contribution in [0.3, 0.4) is 0 Å². The van der Waals surface area contributed by atoms with Crippen LogP contribution in [0, 0.1) is 5.92 Å². The van der Waals surface area contributed by atoms with Gasteiger partial charge >= 0.3 is 12.1 Å². The Morgan fingerprint density at radius 1 is 1.05 bits per heavy atom. The minimum absolute atomic E-state index is 0.0103. The van der Waals surface area contributed by atoms with E-state index in [9.17, 15) is 27.9 Å². The zero-order chi connectivity index (χ0) is 27.9. The van der Waals surface area contributed by atoms with Gasteiger partial charge in [-0.15, -0.1) is 0 Å². The number of hydrogen-bond donors (Lipinski definition) is 1. The third-order valence-corrected chi connectivity index (χ3v) is 7.35. The van der Waals surface area contributed by atoms with Crippen LogP contribution in [-0.4, -0.2) is 33.4 Å². The van der Waals surface area contributed by atoms with E-state index < -0.39 is 29.2 Å². The molecule has 202 valence electrons. The molecule has 5 rings (SSSR count). The van der Waals surface area contributed by atoms with E-state index in [1.54, 1.807) is 0 Å². The predicted octanol–water partition coefficient (Wildman–Crippen LogP) is 7.98. The highest BCUT2D eigenvalue weighted by Crippen LogP contribution is 2.39. The summed E-state index contributed by atoms with van der Waals surface area (Å²) in [4.78, 5) is 25.3. The van der Waals surface area contributed by atoms with Crippen LogP contribution in [0.25, 0.3) is 22.2 Å². The van der Waals surface area contributed by atoms with Crippen LogP contribution in [0.2, 0.25) is 10.0 Å². The summed E-state index contributed by atoms with van der Waals surface area (Å²) >= 11 is 12.3. The number of ether oxygens (including phenoxy) is 1. The molecule has 1 heterocycles. The van der Waals surface area contributed by atoms with Crippen molar-refractivity contribution in [1.29, 1.82) is 0 Å². The van der Waals surface area contributed by atoms with Crippen LogP contribution in [-0.2, 0) is 6.18 Å². The highest BCUT2D eigenvalue weighted by atomic mass is 35.5. The highest BCUT2D eigenvalue weighted by Gasteiger charge is 2.37. The van der Waals surface area contributed by atoms with Crippen LogP contribution in [0.15, 0.2) is 54.6 Å². The summed E-state index contributed by atoms with van der Waals surface area (Å²) in [6, 6.07) is 11.8. The predicted molar refractivity (Wildman–Crippen MR) is 141 cm³/mol. The molecule has 0 saturated heterocycles. The van der Waals surface area contributed by atoms with Gasteiger partial charge in [0.1, 0.15) is 11.4 Å². The summed E-state index contributed by atoms with van der Waals surface area (Å²) in [5.41, 5.74) is -1.19. The Hall–Kier alpha value is -3.56. The molecule has 0 spiro atoms. The Morgan fingerprint density at radius 2 is 1.79 bits per heavy atom. The topological polar surface area (TPSA) is 81.4 Å². The fourth-order valence-corrected chi connectivity index (χ4v) is 5.31. The van der Waals surface area contributed by atoms with Crippen molar-refractivity contribution in [2.75, 3.05) is 6.61 Å². The fourth-order valence-electron chi connectivity index (χ4n) is 4.88. The summed E-state index contributed by atoms with van der Waals surface area (Å²) in [5, 5.41) is 14.2. The maximum absolute atomic E-state index is 13.8. The average molecular weight is 577 g/mol. The quantitative estimate of drug-likeness (QED) is 0.251. The van der Waals surface area contributed by atoms with Gasteiger partial charge in [-0.25, -0.2) is 4.79 Å².